The van der Waals surface area contributed by atoms with Crippen LogP contribution in [-0.2, 0) is 0 Å². The second-order valence-corrected chi connectivity index (χ2v) is 7.17. The summed E-state index contributed by atoms with van der Waals surface area (Å²) in [5.41, 5.74) is 0.156. The van der Waals surface area contributed by atoms with Gasteiger partial charge in [0.25, 0.3) is 5.69 Å². The van der Waals surface area contributed by atoms with Gasteiger partial charge in [-0.05, 0) is 43.3 Å². The van der Waals surface area contributed by atoms with E-state index in [0.29, 0.717) is 16.3 Å². The number of benzene rings is 3. The Bertz CT molecular complexity index is 1430. The highest BCUT2D eigenvalue weighted by molar-refractivity contribution is 6.32. The van der Waals surface area contributed by atoms with Gasteiger partial charge in [0.1, 0.15) is 23.3 Å². The normalized spacial score (nSPS) is 10.7. The molecule has 1 aromatic heterocycles. The Hall–Kier alpha value is -4.17. The molecule has 0 saturated heterocycles. The molecule has 0 radical (unpaired) electrons. The molecule has 0 spiro atoms. The van der Waals surface area contributed by atoms with E-state index < -0.39 is 16.3 Å². The summed E-state index contributed by atoms with van der Waals surface area (Å²) in [4.78, 5) is 35.6. The number of halogens is 1. The third-order valence-electron chi connectivity index (χ3n) is 4.61. The summed E-state index contributed by atoms with van der Waals surface area (Å²) in [6, 6.07) is 14.9. The van der Waals surface area contributed by atoms with Gasteiger partial charge in [-0.15, -0.1) is 0 Å². The maximum atomic E-state index is 12.7. The van der Waals surface area contributed by atoms with E-state index in [4.69, 9.17) is 25.5 Å². The number of nitro groups is 1. The van der Waals surface area contributed by atoms with Crippen molar-refractivity contribution in [2.75, 3.05) is 0 Å². The Balaban J connectivity index is 1.58. The van der Waals surface area contributed by atoms with Crippen molar-refractivity contribution >= 4 is 34.2 Å². The van der Waals surface area contributed by atoms with Crippen LogP contribution in [0.5, 0.6) is 17.2 Å². The monoisotopic (exact) mass is 451 g/mol. The summed E-state index contributed by atoms with van der Waals surface area (Å²) in [6.45, 7) is 1.53. The van der Waals surface area contributed by atoms with Crippen molar-refractivity contribution in [3.63, 3.8) is 0 Å². The Morgan fingerprint density at radius 3 is 2.56 bits per heavy atom. The fourth-order valence-corrected chi connectivity index (χ4v) is 3.20. The van der Waals surface area contributed by atoms with Crippen molar-refractivity contribution in [1.29, 1.82) is 0 Å². The number of hydrogen-bond donors (Lipinski definition) is 0. The predicted molar refractivity (Wildman–Crippen MR) is 117 cm³/mol. The molecular weight excluding hydrogens is 438 g/mol. The summed E-state index contributed by atoms with van der Waals surface area (Å²) < 4.78 is 16.4. The first-order chi connectivity index (χ1) is 15.3. The van der Waals surface area contributed by atoms with Crippen LogP contribution < -0.4 is 14.9 Å². The highest BCUT2D eigenvalue weighted by Crippen LogP contribution is 2.29. The van der Waals surface area contributed by atoms with E-state index in [1.165, 1.54) is 43.3 Å². The van der Waals surface area contributed by atoms with Crippen LogP contribution in [0.4, 0.5) is 5.69 Å². The SMILES string of the molecule is Cc1cc(C(=O)Oc2ccc3c(=O)c(Oc4ccccc4Cl)coc3c2)ccc1[N+](=O)[O-]. The molecule has 0 unspecified atom stereocenters. The highest BCUT2D eigenvalue weighted by Gasteiger charge is 2.17. The molecule has 0 bridgehead atoms. The summed E-state index contributed by atoms with van der Waals surface area (Å²) in [7, 11) is 0. The summed E-state index contributed by atoms with van der Waals surface area (Å²) in [5.74, 6) is -0.300. The molecule has 9 heteroatoms. The molecular formula is C23H14ClNO7. The topological polar surface area (TPSA) is 109 Å². The molecule has 3 aromatic carbocycles. The van der Waals surface area contributed by atoms with Crippen molar-refractivity contribution < 1.29 is 23.6 Å². The lowest BCUT2D eigenvalue weighted by Gasteiger charge is -2.08. The van der Waals surface area contributed by atoms with Gasteiger partial charge in [0.05, 0.1) is 20.9 Å². The molecule has 160 valence electrons. The van der Waals surface area contributed by atoms with Crippen LogP contribution in [0.1, 0.15) is 15.9 Å². The number of hydrogen-bond acceptors (Lipinski definition) is 7. The largest absolute Gasteiger partial charge is 0.460 e. The summed E-state index contributed by atoms with van der Waals surface area (Å²) in [6.07, 6.45) is 1.15. The summed E-state index contributed by atoms with van der Waals surface area (Å²) in [5, 5.41) is 11.5. The zero-order chi connectivity index (χ0) is 22.8. The van der Waals surface area contributed by atoms with E-state index in [0.717, 1.165) is 6.26 Å². The van der Waals surface area contributed by atoms with Gasteiger partial charge in [-0.25, -0.2) is 4.79 Å². The van der Waals surface area contributed by atoms with E-state index in [9.17, 15) is 19.7 Å². The maximum Gasteiger partial charge on any atom is 0.343 e. The van der Waals surface area contributed by atoms with Crippen LogP contribution in [0.2, 0.25) is 5.02 Å². The summed E-state index contributed by atoms with van der Waals surface area (Å²) >= 11 is 6.06. The number of ether oxygens (including phenoxy) is 2. The van der Waals surface area contributed by atoms with Gasteiger partial charge in [0.15, 0.2) is 0 Å². The number of nitrogens with zero attached hydrogens (tertiary/aromatic N) is 1. The van der Waals surface area contributed by atoms with E-state index in [1.807, 2.05) is 0 Å². The lowest BCUT2D eigenvalue weighted by Crippen LogP contribution is -2.10. The first kappa shape index (κ1) is 21.1. The maximum absolute atomic E-state index is 12.7. The number of fused-ring (bicyclic) bond motifs is 1. The average molecular weight is 452 g/mol. The Kier molecular flexibility index (Phi) is 5.61. The number of nitro benzene ring substituents is 1. The standard InChI is InChI=1S/C23H14ClNO7/c1-13-10-14(6-9-18(13)25(28)29)23(27)31-15-7-8-16-20(11-15)30-12-21(22(16)26)32-19-5-3-2-4-17(19)24/h2-12H,1H3. The van der Waals surface area contributed by atoms with Gasteiger partial charge in [-0.2, -0.15) is 0 Å². The first-order valence-corrected chi connectivity index (χ1v) is 9.66. The van der Waals surface area contributed by atoms with E-state index in [-0.39, 0.29) is 33.7 Å². The smallest absolute Gasteiger partial charge is 0.343 e. The highest BCUT2D eigenvalue weighted by atomic mass is 35.5. The van der Waals surface area contributed by atoms with Gasteiger partial charge < -0.3 is 13.9 Å². The minimum Gasteiger partial charge on any atom is -0.460 e. The predicted octanol–water partition coefficient (Wildman–Crippen LogP) is 5.67. The molecule has 0 N–H and O–H groups in total. The number of aryl methyl sites for hydroxylation is 1. The minimum absolute atomic E-state index is 0.0447. The molecule has 0 aliphatic rings. The van der Waals surface area contributed by atoms with Crippen molar-refractivity contribution in [3.8, 4) is 17.2 Å². The molecule has 1 heterocycles. The van der Waals surface area contributed by atoms with Crippen molar-refractivity contribution in [1.82, 2.24) is 0 Å². The Labute approximate surface area is 185 Å². The van der Waals surface area contributed by atoms with Crippen molar-refractivity contribution in [3.05, 3.63) is 103 Å². The number of carbonyl (C=O) groups is 1. The van der Waals surface area contributed by atoms with Gasteiger partial charge in [-0.3, -0.25) is 14.9 Å². The van der Waals surface area contributed by atoms with E-state index >= 15 is 0 Å². The molecule has 0 atom stereocenters. The van der Waals surface area contributed by atoms with E-state index in [1.54, 1.807) is 24.3 Å². The molecule has 4 rings (SSSR count). The van der Waals surface area contributed by atoms with Crippen LogP contribution in [-0.4, -0.2) is 10.9 Å². The second-order valence-electron chi connectivity index (χ2n) is 6.77. The van der Waals surface area contributed by atoms with Crippen LogP contribution in [0, 0.1) is 17.0 Å². The zero-order valence-corrected chi connectivity index (χ0v) is 17.3. The third-order valence-corrected chi connectivity index (χ3v) is 4.92. The number of esters is 1. The van der Waals surface area contributed by atoms with Crippen LogP contribution in [0.15, 0.2) is 76.1 Å². The molecule has 0 amide bonds. The third kappa shape index (κ3) is 4.17. The first-order valence-electron chi connectivity index (χ1n) is 9.28. The molecule has 0 fully saturated rings. The van der Waals surface area contributed by atoms with Gasteiger partial charge in [0, 0.05) is 17.7 Å². The lowest BCUT2D eigenvalue weighted by atomic mass is 10.1. The van der Waals surface area contributed by atoms with Gasteiger partial charge in [-0.1, -0.05) is 23.7 Å². The second kappa shape index (κ2) is 8.52. The number of para-hydroxylation sites is 1. The Morgan fingerprint density at radius 2 is 1.84 bits per heavy atom. The van der Waals surface area contributed by atoms with Crippen molar-refractivity contribution in [2.45, 2.75) is 6.92 Å². The van der Waals surface area contributed by atoms with Crippen LogP contribution in [0.3, 0.4) is 0 Å². The van der Waals surface area contributed by atoms with Crippen LogP contribution in [0.25, 0.3) is 11.0 Å². The fourth-order valence-electron chi connectivity index (χ4n) is 3.02. The number of rotatable bonds is 5. The molecule has 4 aromatic rings. The molecule has 32 heavy (non-hydrogen) atoms. The lowest BCUT2D eigenvalue weighted by molar-refractivity contribution is -0.385. The van der Waals surface area contributed by atoms with Gasteiger partial charge >= 0.3 is 5.97 Å². The Morgan fingerprint density at radius 1 is 1.06 bits per heavy atom. The molecule has 0 aliphatic heterocycles. The van der Waals surface area contributed by atoms with E-state index in [2.05, 4.69) is 0 Å². The quantitative estimate of drug-likeness (QED) is 0.166. The number of carbonyl (C=O) groups excluding carboxylic acids is 1. The zero-order valence-electron chi connectivity index (χ0n) is 16.5. The molecule has 0 aliphatic carbocycles. The minimum atomic E-state index is -0.705. The van der Waals surface area contributed by atoms with Crippen molar-refractivity contribution in [2.24, 2.45) is 0 Å². The van der Waals surface area contributed by atoms with Crippen LogP contribution >= 0.6 is 11.6 Å². The molecule has 8 nitrogen and oxygen atoms in total. The fraction of sp³-hybridized carbons (Fsp3) is 0.0435. The average Bonchev–Trinajstić information content (AvgIpc) is 2.76. The van der Waals surface area contributed by atoms with Gasteiger partial charge in [0.2, 0.25) is 11.2 Å². The molecule has 0 saturated carbocycles.